The van der Waals surface area contributed by atoms with E-state index in [0.717, 1.165) is 5.56 Å². The minimum atomic E-state index is -0.131. The molecule has 2 aromatic rings. The van der Waals surface area contributed by atoms with Crippen molar-refractivity contribution in [3.05, 3.63) is 52.4 Å². The highest BCUT2D eigenvalue weighted by Crippen LogP contribution is 2.23. The van der Waals surface area contributed by atoms with Crippen LogP contribution in [-0.4, -0.2) is 22.9 Å². The third kappa shape index (κ3) is 4.45. The molecule has 0 fully saturated rings. The first-order chi connectivity index (χ1) is 11.2. The maximum Gasteiger partial charge on any atom is 0.242 e. The molecule has 1 aromatic carbocycles. The van der Waals surface area contributed by atoms with E-state index in [1.165, 1.54) is 16.9 Å². The number of benzene rings is 1. The summed E-state index contributed by atoms with van der Waals surface area (Å²) in [6, 6.07) is 8.11. The van der Waals surface area contributed by atoms with Gasteiger partial charge in [0.2, 0.25) is 5.91 Å². The molecule has 1 amide bonds. The second kappa shape index (κ2) is 7.18. The zero-order valence-electron chi connectivity index (χ0n) is 14.7. The first kappa shape index (κ1) is 18.2. The molecule has 0 unspecified atom stereocenters. The fraction of sp³-hybridized carbons (Fsp3) is 0.389. The van der Waals surface area contributed by atoms with Crippen LogP contribution in [0.2, 0.25) is 5.02 Å². The minimum Gasteiger partial charge on any atom is -0.273 e. The second-order valence-corrected chi connectivity index (χ2v) is 7.19. The van der Waals surface area contributed by atoms with E-state index < -0.39 is 0 Å². The number of rotatable bonds is 4. The number of carbonyl (C=O) groups is 1. The number of nitrogens with zero attached hydrogens (tertiary/aromatic N) is 3. The Morgan fingerprint density at radius 3 is 2.42 bits per heavy atom. The summed E-state index contributed by atoms with van der Waals surface area (Å²) in [5.74, 6) is 0.342. The molecular formula is C18H23ClN4O. The van der Waals surface area contributed by atoms with Crippen molar-refractivity contribution < 1.29 is 4.79 Å². The monoisotopic (exact) mass is 346 g/mol. The number of hydrogen-bond donors (Lipinski definition) is 1. The fourth-order valence-electron chi connectivity index (χ4n) is 2.27. The smallest absolute Gasteiger partial charge is 0.242 e. The average molecular weight is 347 g/mol. The van der Waals surface area contributed by atoms with E-state index in [2.05, 4.69) is 48.3 Å². The highest BCUT2D eigenvalue weighted by atomic mass is 35.5. The van der Waals surface area contributed by atoms with Crippen molar-refractivity contribution in [3.63, 3.8) is 0 Å². The maximum absolute atomic E-state index is 12.2. The summed E-state index contributed by atoms with van der Waals surface area (Å²) in [5, 5.41) is 1.94. The van der Waals surface area contributed by atoms with Gasteiger partial charge in [-0.1, -0.05) is 56.6 Å². The molecular weight excluding hydrogens is 324 g/mol. The van der Waals surface area contributed by atoms with Crippen LogP contribution in [0.3, 0.4) is 0 Å². The SMILES string of the molecule is Cc1ncnc(N(C)NC(=O)Cc2ccc(C(C)(C)C)cc2)c1Cl. The molecule has 24 heavy (non-hydrogen) atoms. The molecule has 0 radical (unpaired) electrons. The Kier molecular flexibility index (Phi) is 5.44. The lowest BCUT2D eigenvalue weighted by atomic mass is 9.86. The first-order valence-electron chi connectivity index (χ1n) is 7.78. The number of halogens is 1. The van der Waals surface area contributed by atoms with Crippen LogP contribution >= 0.6 is 11.6 Å². The third-order valence-electron chi connectivity index (χ3n) is 3.74. The number of aromatic nitrogens is 2. The lowest BCUT2D eigenvalue weighted by Crippen LogP contribution is -2.41. The van der Waals surface area contributed by atoms with Crippen molar-refractivity contribution >= 4 is 23.3 Å². The van der Waals surface area contributed by atoms with Crippen LogP contribution in [0.5, 0.6) is 0 Å². The number of nitrogens with one attached hydrogen (secondary N) is 1. The predicted octanol–water partition coefficient (Wildman–Crippen LogP) is 3.45. The van der Waals surface area contributed by atoms with E-state index in [4.69, 9.17) is 11.6 Å². The van der Waals surface area contributed by atoms with Crippen LogP contribution in [0.25, 0.3) is 0 Å². The second-order valence-electron chi connectivity index (χ2n) is 6.81. The van der Waals surface area contributed by atoms with E-state index in [9.17, 15) is 4.79 Å². The van der Waals surface area contributed by atoms with E-state index >= 15 is 0 Å². The molecule has 128 valence electrons. The number of carbonyl (C=O) groups excluding carboxylic acids is 1. The topological polar surface area (TPSA) is 58.1 Å². The average Bonchev–Trinajstić information content (AvgIpc) is 2.49. The molecule has 1 N–H and O–H groups in total. The lowest BCUT2D eigenvalue weighted by Gasteiger charge is -2.21. The van der Waals surface area contributed by atoms with Gasteiger partial charge in [-0.05, 0) is 23.5 Å². The molecule has 0 saturated heterocycles. The molecule has 0 aliphatic heterocycles. The molecule has 0 saturated carbocycles. The number of hydrogen-bond acceptors (Lipinski definition) is 4. The van der Waals surface area contributed by atoms with Crippen molar-refractivity contribution in [1.82, 2.24) is 15.4 Å². The standard InChI is InChI=1S/C18H23ClN4O/c1-12-16(19)17(21-11-20-12)23(5)22-15(24)10-13-6-8-14(9-7-13)18(2,3)4/h6-9,11H,10H2,1-5H3,(H,22,24). The van der Waals surface area contributed by atoms with Gasteiger partial charge in [0.25, 0.3) is 0 Å². The minimum absolute atomic E-state index is 0.0998. The Morgan fingerprint density at radius 1 is 1.21 bits per heavy atom. The van der Waals surface area contributed by atoms with E-state index in [1.54, 1.807) is 14.0 Å². The van der Waals surface area contributed by atoms with Gasteiger partial charge in [-0.3, -0.25) is 15.2 Å². The molecule has 0 aliphatic rings. The van der Waals surface area contributed by atoms with Crippen LogP contribution in [-0.2, 0) is 16.6 Å². The van der Waals surface area contributed by atoms with Crippen molar-refractivity contribution in [2.24, 2.45) is 0 Å². The molecule has 1 heterocycles. The Bertz CT molecular complexity index is 723. The summed E-state index contributed by atoms with van der Waals surface area (Å²) < 4.78 is 0. The zero-order valence-corrected chi connectivity index (χ0v) is 15.5. The van der Waals surface area contributed by atoms with Crippen LogP contribution in [0.4, 0.5) is 5.82 Å². The highest BCUT2D eigenvalue weighted by Gasteiger charge is 2.15. The van der Waals surface area contributed by atoms with Crippen LogP contribution in [0.1, 0.15) is 37.6 Å². The van der Waals surface area contributed by atoms with Gasteiger partial charge in [0.15, 0.2) is 5.82 Å². The van der Waals surface area contributed by atoms with Crippen molar-refractivity contribution in [3.8, 4) is 0 Å². The summed E-state index contributed by atoms with van der Waals surface area (Å²) in [6.07, 6.45) is 1.71. The van der Waals surface area contributed by atoms with Gasteiger partial charge in [0.05, 0.1) is 12.1 Å². The molecule has 6 heteroatoms. The van der Waals surface area contributed by atoms with Gasteiger partial charge in [0, 0.05) is 7.05 Å². The molecule has 0 aliphatic carbocycles. The van der Waals surface area contributed by atoms with Crippen LogP contribution < -0.4 is 10.4 Å². The lowest BCUT2D eigenvalue weighted by molar-refractivity contribution is -0.120. The Morgan fingerprint density at radius 2 is 1.83 bits per heavy atom. The van der Waals surface area contributed by atoms with Gasteiger partial charge in [-0.2, -0.15) is 0 Å². The number of anilines is 1. The van der Waals surface area contributed by atoms with Crippen molar-refractivity contribution in [1.29, 1.82) is 0 Å². The summed E-state index contributed by atoms with van der Waals surface area (Å²) in [4.78, 5) is 20.4. The highest BCUT2D eigenvalue weighted by molar-refractivity contribution is 6.33. The van der Waals surface area contributed by atoms with E-state index in [1.807, 2.05) is 12.1 Å². The van der Waals surface area contributed by atoms with Crippen molar-refractivity contribution in [2.75, 3.05) is 12.1 Å². The molecule has 0 spiro atoms. The predicted molar refractivity (Wildman–Crippen MR) is 97.2 cm³/mol. The molecule has 1 aromatic heterocycles. The number of hydrazine groups is 1. The first-order valence-corrected chi connectivity index (χ1v) is 8.16. The fourth-order valence-corrected chi connectivity index (χ4v) is 2.49. The summed E-state index contributed by atoms with van der Waals surface area (Å²) in [5.41, 5.74) is 5.74. The number of amides is 1. The summed E-state index contributed by atoms with van der Waals surface area (Å²) in [7, 11) is 1.70. The zero-order chi connectivity index (χ0) is 17.9. The van der Waals surface area contributed by atoms with Gasteiger partial charge in [-0.15, -0.1) is 0 Å². The van der Waals surface area contributed by atoms with Gasteiger partial charge < -0.3 is 0 Å². The van der Waals surface area contributed by atoms with Gasteiger partial charge in [-0.25, -0.2) is 9.97 Å². The Hall–Kier alpha value is -2.14. The summed E-state index contributed by atoms with van der Waals surface area (Å²) >= 11 is 6.17. The van der Waals surface area contributed by atoms with Crippen LogP contribution in [0.15, 0.2) is 30.6 Å². The van der Waals surface area contributed by atoms with E-state index in [-0.39, 0.29) is 17.7 Å². The molecule has 2 rings (SSSR count). The molecule has 0 bridgehead atoms. The molecule has 5 nitrogen and oxygen atoms in total. The normalized spacial score (nSPS) is 11.2. The maximum atomic E-state index is 12.2. The summed E-state index contributed by atoms with van der Waals surface area (Å²) in [6.45, 7) is 8.28. The quantitative estimate of drug-likeness (QED) is 0.861. The van der Waals surface area contributed by atoms with Gasteiger partial charge >= 0.3 is 0 Å². The Balaban J connectivity index is 2.01. The number of aryl methyl sites for hydroxylation is 1. The largest absolute Gasteiger partial charge is 0.273 e. The van der Waals surface area contributed by atoms with Crippen molar-refractivity contribution in [2.45, 2.75) is 39.5 Å². The van der Waals surface area contributed by atoms with E-state index in [0.29, 0.717) is 16.5 Å². The van der Waals surface area contributed by atoms with Crippen LogP contribution in [0, 0.1) is 6.92 Å². The van der Waals surface area contributed by atoms with Gasteiger partial charge in [0.1, 0.15) is 11.3 Å². The molecule has 0 atom stereocenters. The third-order valence-corrected chi connectivity index (χ3v) is 4.18. The Labute approximate surface area is 148 Å².